The molecule has 2 fully saturated rings. The number of aliphatic hydroxyl groups is 1. The fourth-order valence-electron chi connectivity index (χ4n) is 2.81. The second-order valence-electron chi connectivity index (χ2n) is 5.82. The van der Waals surface area contributed by atoms with Crippen LogP contribution in [0, 0.1) is 0 Å². The van der Waals surface area contributed by atoms with Crippen LogP contribution >= 0.6 is 11.3 Å². The smallest absolute Gasteiger partial charge is 0.280 e. The molecule has 2 aliphatic rings. The summed E-state index contributed by atoms with van der Waals surface area (Å²) in [6.07, 6.45) is 2.92. The first-order valence-electron chi connectivity index (χ1n) is 7.30. The first-order valence-corrected chi connectivity index (χ1v) is 8.18. The summed E-state index contributed by atoms with van der Waals surface area (Å²) in [5, 5.41) is 14.0. The summed E-state index contributed by atoms with van der Waals surface area (Å²) in [5.41, 5.74) is 0.354. The number of aromatic nitrogens is 1. The van der Waals surface area contributed by atoms with E-state index in [1.165, 1.54) is 11.3 Å². The Morgan fingerprint density at radius 3 is 2.86 bits per heavy atom. The zero-order chi connectivity index (χ0) is 15.0. The van der Waals surface area contributed by atoms with Gasteiger partial charge in [-0.1, -0.05) is 0 Å². The third-order valence-electron chi connectivity index (χ3n) is 4.18. The molecule has 0 bridgehead atoms. The summed E-state index contributed by atoms with van der Waals surface area (Å²) in [5.74, 6) is -0.347. The first kappa shape index (κ1) is 14.5. The van der Waals surface area contributed by atoms with Crippen molar-refractivity contribution in [3.8, 4) is 0 Å². The van der Waals surface area contributed by atoms with Gasteiger partial charge in [0.1, 0.15) is 5.69 Å². The van der Waals surface area contributed by atoms with Crippen molar-refractivity contribution in [2.75, 3.05) is 6.54 Å². The van der Waals surface area contributed by atoms with Crippen molar-refractivity contribution in [3.63, 3.8) is 0 Å². The molecular weight excluding hydrogens is 290 g/mol. The summed E-state index contributed by atoms with van der Waals surface area (Å²) in [7, 11) is 0. The lowest BCUT2D eigenvalue weighted by molar-refractivity contribution is 0.0562. The van der Waals surface area contributed by atoms with E-state index in [1.54, 1.807) is 5.38 Å². The minimum atomic E-state index is -0.305. The molecule has 3 rings (SSSR count). The van der Waals surface area contributed by atoms with Gasteiger partial charge in [0.05, 0.1) is 6.10 Å². The van der Waals surface area contributed by atoms with Crippen LogP contribution in [0.25, 0.3) is 0 Å². The molecular formula is C14H19N3O3S. The number of rotatable bonds is 3. The molecule has 1 saturated carbocycles. The van der Waals surface area contributed by atoms with Gasteiger partial charge >= 0.3 is 0 Å². The number of amides is 2. The van der Waals surface area contributed by atoms with E-state index >= 15 is 0 Å². The predicted molar refractivity (Wildman–Crippen MR) is 78.3 cm³/mol. The average molecular weight is 309 g/mol. The molecule has 0 aromatic carbocycles. The van der Waals surface area contributed by atoms with Gasteiger partial charge in [0, 0.05) is 24.0 Å². The van der Waals surface area contributed by atoms with E-state index in [0.717, 1.165) is 19.4 Å². The van der Waals surface area contributed by atoms with Crippen LogP contribution in [-0.4, -0.2) is 51.5 Å². The summed E-state index contributed by atoms with van der Waals surface area (Å²) >= 11 is 1.19. The standard InChI is InChI=1S/C14H19N3O3S/c1-8-3-2-4-17(8)14(20)11-7-21-13(16-11)12(19)15-9-5-10(18)6-9/h7-10,18H,2-6H2,1H3,(H,15,19)/t8-,9-,10-/m0/s1. The molecule has 1 aromatic heterocycles. The number of hydrogen-bond donors (Lipinski definition) is 2. The minimum Gasteiger partial charge on any atom is -0.393 e. The van der Waals surface area contributed by atoms with E-state index in [9.17, 15) is 14.7 Å². The largest absolute Gasteiger partial charge is 0.393 e. The number of nitrogens with one attached hydrogen (secondary N) is 1. The zero-order valence-corrected chi connectivity index (χ0v) is 12.7. The Hall–Kier alpha value is -1.47. The Morgan fingerprint density at radius 1 is 1.48 bits per heavy atom. The van der Waals surface area contributed by atoms with Crippen LogP contribution < -0.4 is 5.32 Å². The van der Waals surface area contributed by atoms with Crippen LogP contribution in [0.1, 0.15) is 52.9 Å². The van der Waals surface area contributed by atoms with Gasteiger partial charge in [-0.25, -0.2) is 4.98 Å². The number of aliphatic hydroxyl groups excluding tert-OH is 1. The third-order valence-corrected chi connectivity index (χ3v) is 5.02. The Bertz CT molecular complexity index is 553. The van der Waals surface area contributed by atoms with Crippen LogP contribution in [-0.2, 0) is 0 Å². The van der Waals surface area contributed by atoms with Gasteiger partial charge in [-0.15, -0.1) is 11.3 Å². The van der Waals surface area contributed by atoms with E-state index in [4.69, 9.17) is 0 Å². The van der Waals surface area contributed by atoms with Crippen LogP contribution in [0.4, 0.5) is 0 Å². The number of nitrogens with zero attached hydrogens (tertiary/aromatic N) is 2. The number of hydrogen-bond acceptors (Lipinski definition) is 5. The zero-order valence-electron chi connectivity index (χ0n) is 11.9. The van der Waals surface area contributed by atoms with Crippen LogP contribution in [0.15, 0.2) is 5.38 Å². The SMILES string of the molecule is C[C@H]1CCCN1C(=O)c1csc(C(=O)N[C@H]2C[C@H](O)C2)n1. The van der Waals surface area contributed by atoms with Gasteiger partial charge in [0.25, 0.3) is 11.8 Å². The lowest BCUT2D eigenvalue weighted by Gasteiger charge is -2.31. The molecule has 114 valence electrons. The van der Waals surface area contributed by atoms with Gasteiger partial charge in [-0.2, -0.15) is 0 Å². The Kier molecular flexibility index (Phi) is 3.95. The molecule has 1 saturated heterocycles. The second kappa shape index (κ2) is 5.73. The molecule has 2 heterocycles. The fraction of sp³-hybridized carbons (Fsp3) is 0.643. The summed E-state index contributed by atoms with van der Waals surface area (Å²) in [4.78, 5) is 30.3. The average Bonchev–Trinajstić information content (AvgIpc) is 3.04. The van der Waals surface area contributed by atoms with Gasteiger partial charge < -0.3 is 15.3 Å². The van der Waals surface area contributed by atoms with Crippen molar-refractivity contribution in [1.29, 1.82) is 0 Å². The van der Waals surface area contributed by atoms with Crippen molar-refractivity contribution in [3.05, 3.63) is 16.1 Å². The Morgan fingerprint density at radius 2 is 2.24 bits per heavy atom. The van der Waals surface area contributed by atoms with Crippen LogP contribution in [0.3, 0.4) is 0 Å². The van der Waals surface area contributed by atoms with E-state index in [0.29, 0.717) is 23.5 Å². The van der Waals surface area contributed by atoms with Gasteiger partial charge in [0.15, 0.2) is 5.01 Å². The number of carbonyl (C=O) groups is 2. The molecule has 0 spiro atoms. The van der Waals surface area contributed by atoms with Crippen molar-refractivity contribution >= 4 is 23.2 Å². The minimum absolute atomic E-state index is 0.0224. The highest BCUT2D eigenvalue weighted by Crippen LogP contribution is 2.22. The van der Waals surface area contributed by atoms with Crippen molar-refractivity contribution in [2.24, 2.45) is 0 Å². The van der Waals surface area contributed by atoms with E-state index in [1.807, 2.05) is 11.8 Å². The molecule has 1 aliphatic carbocycles. The molecule has 1 atom stereocenters. The van der Waals surface area contributed by atoms with Gasteiger partial charge in [-0.05, 0) is 32.6 Å². The molecule has 2 N–H and O–H groups in total. The van der Waals surface area contributed by atoms with Gasteiger partial charge in [-0.3, -0.25) is 9.59 Å². The summed E-state index contributed by atoms with van der Waals surface area (Å²) in [6, 6.07) is 0.266. The van der Waals surface area contributed by atoms with Crippen molar-refractivity contribution in [2.45, 2.75) is 50.8 Å². The number of likely N-dealkylation sites (tertiary alicyclic amines) is 1. The lowest BCUT2D eigenvalue weighted by Crippen LogP contribution is -2.46. The Labute approximate surface area is 127 Å². The fourth-order valence-corrected chi connectivity index (χ4v) is 3.50. The highest BCUT2D eigenvalue weighted by Gasteiger charge is 2.31. The molecule has 7 heteroatoms. The number of thiazole rings is 1. The molecule has 6 nitrogen and oxygen atoms in total. The highest BCUT2D eigenvalue weighted by atomic mass is 32.1. The lowest BCUT2D eigenvalue weighted by atomic mass is 9.89. The molecule has 2 amide bonds. The summed E-state index contributed by atoms with van der Waals surface area (Å²) < 4.78 is 0. The quantitative estimate of drug-likeness (QED) is 0.873. The second-order valence-corrected chi connectivity index (χ2v) is 6.68. The topological polar surface area (TPSA) is 82.5 Å². The van der Waals surface area contributed by atoms with E-state index in [-0.39, 0.29) is 30.0 Å². The Balaban J connectivity index is 1.62. The third kappa shape index (κ3) is 2.94. The highest BCUT2D eigenvalue weighted by molar-refractivity contribution is 7.11. The van der Waals surface area contributed by atoms with Crippen molar-refractivity contribution < 1.29 is 14.7 Å². The molecule has 21 heavy (non-hydrogen) atoms. The molecule has 1 aliphatic heterocycles. The molecule has 0 unspecified atom stereocenters. The van der Waals surface area contributed by atoms with E-state index in [2.05, 4.69) is 10.3 Å². The normalized spacial score (nSPS) is 28.3. The van der Waals surface area contributed by atoms with Crippen LogP contribution in [0.5, 0.6) is 0 Å². The van der Waals surface area contributed by atoms with Gasteiger partial charge in [0.2, 0.25) is 0 Å². The van der Waals surface area contributed by atoms with Crippen molar-refractivity contribution in [1.82, 2.24) is 15.2 Å². The maximum atomic E-state index is 12.3. The van der Waals surface area contributed by atoms with Crippen LogP contribution in [0.2, 0.25) is 0 Å². The predicted octanol–water partition coefficient (Wildman–Crippen LogP) is 1.02. The maximum Gasteiger partial charge on any atom is 0.280 e. The molecule has 1 aromatic rings. The summed E-state index contributed by atoms with van der Waals surface area (Å²) in [6.45, 7) is 2.80. The number of carbonyl (C=O) groups excluding carboxylic acids is 2. The maximum absolute atomic E-state index is 12.3. The first-order chi connectivity index (χ1) is 10.0. The monoisotopic (exact) mass is 309 g/mol. The van der Waals surface area contributed by atoms with E-state index < -0.39 is 0 Å². The molecule has 0 radical (unpaired) electrons.